The van der Waals surface area contributed by atoms with Crippen LogP contribution in [-0.4, -0.2) is 20.1 Å². The maximum atomic E-state index is 11.8. The minimum absolute atomic E-state index is 0.0852. The highest BCUT2D eigenvalue weighted by atomic mass is 32.2. The van der Waals surface area contributed by atoms with E-state index in [1.807, 2.05) is 48.5 Å². The molecule has 0 unspecified atom stereocenters. The zero-order chi connectivity index (χ0) is 13.7. The van der Waals surface area contributed by atoms with Crippen molar-refractivity contribution < 1.29 is 9.53 Å². The summed E-state index contributed by atoms with van der Waals surface area (Å²) in [4.78, 5) is 13.7. The average molecular weight is 273 g/mol. The van der Waals surface area contributed by atoms with Gasteiger partial charge in [-0.05, 0) is 24.3 Å². The van der Waals surface area contributed by atoms with E-state index in [2.05, 4.69) is 5.32 Å². The molecule has 4 heteroatoms. The molecule has 0 bridgehead atoms. The van der Waals surface area contributed by atoms with E-state index in [4.69, 9.17) is 4.74 Å². The lowest BCUT2D eigenvalue weighted by Crippen LogP contribution is -2.18. The van der Waals surface area contributed by atoms with Crippen LogP contribution in [0.1, 0.15) is 10.4 Å². The largest absolute Gasteiger partial charge is 0.496 e. The van der Waals surface area contributed by atoms with Gasteiger partial charge >= 0.3 is 0 Å². The molecule has 0 aliphatic rings. The van der Waals surface area contributed by atoms with Crippen molar-refractivity contribution in [2.45, 2.75) is 9.79 Å². The standard InChI is InChI=1S/C15H15NO2S/c1-16-15(17)11-7-3-5-9-13(11)19-14-10-6-4-8-12(14)18-2/h3-10H,1-2H3,(H,16,17). The number of ether oxygens (including phenoxy) is 1. The van der Waals surface area contributed by atoms with Gasteiger partial charge in [-0.3, -0.25) is 4.79 Å². The number of amides is 1. The molecule has 0 aromatic heterocycles. The van der Waals surface area contributed by atoms with Crippen LogP contribution in [0.2, 0.25) is 0 Å². The number of nitrogens with one attached hydrogen (secondary N) is 1. The second kappa shape index (κ2) is 6.29. The Morgan fingerprint density at radius 1 is 1.05 bits per heavy atom. The van der Waals surface area contributed by atoms with Crippen molar-refractivity contribution in [3.05, 3.63) is 54.1 Å². The first-order valence-electron chi connectivity index (χ1n) is 5.88. The van der Waals surface area contributed by atoms with E-state index in [9.17, 15) is 4.79 Å². The lowest BCUT2D eigenvalue weighted by Gasteiger charge is -2.10. The Kier molecular flexibility index (Phi) is 4.47. The molecule has 3 nitrogen and oxygen atoms in total. The SMILES string of the molecule is CNC(=O)c1ccccc1Sc1ccccc1OC. The number of para-hydroxylation sites is 1. The summed E-state index contributed by atoms with van der Waals surface area (Å²) in [5.74, 6) is 0.720. The fourth-order valence-electron chi connectivity index (χ4n) is 1.70. The molecule has 19 heavy (non-hydrogen) atoms. The van der Waals surface area contributed by atoms with Crippen LogP contribution < -0.4 is 10.1 Å². The number of methoxy groups -OCH3 is 1. The van der Waals surface area contributed by atoms with Crippen molar-refractivity contribution in [3.63, 3.8) is 0 Å². The molecule has 2 aromatic rings. The normalized spacial score (nSPS) is 10.0. The predicted molar refractivity (Wildman–Crippen MR) is 76.9 cm³/mol. The summed E-state index contributed by atoms with van der Waals surface area (Å²) in [6, 6.07) is 15.3. The van der Waals surface area contributed by atoms with Gasteiger partial charge in [-0.15, -0.1) is 0 Å². The van der Waals surface area contributed by atoms with E-state index in [0.717, 1.165) is 15.5 Å². The summed E-state index contributed by atoms with van der Waals surface area (Å²) in [6.45, 7) is 0. The Bertz CT molecular complexity index is 584. The van der Waals surface area contributed by atoms with Crippen molar-refractivity contribution in [3.8, 4) is 5.75 Å². The van der Waals surface area contributed by atoms with Gasteiger partial charge in [-0.25, -0.2) is 0 Å². The van der Waals surface area contributed by atoms with Crippen LogP contribution >= 0.6 is 11.8 Å². The van der Waals surface area contributed by atoms with Crippen LogP contribution in [0.4, 0.5) is 0 Å². The summed E-state index contributed by atoms with van der Waals surface area (Å²) < 4.78 is 5.32. The summed E-state index contributed by atoms with van der Waals surface area (Å²) in [6.07, 6.45) is 0. The molecule has 0 aliphatic heterocycles. The summed E-state index contributed by atoms with van der Waals surface area (Å²) in [5, 5.41) is 2.65. The predicted octanol–water partition coefficient (Wildman–Crippen LogP) is 3.21. The van der Waals surface area contributed by atoms with E-state index in [-0.39, 0.29) is 5.91 Å². The average Bonchev–Trinajstić information content (AvgIpc) is 2.47. The van der Waals surface area contributed by atoms with Gasteiger partial charge in [0, 0.05) is 11.9 Å². The highest BCUT2D eigenvalue weighted by Gasteiger charge is 2.12. The fourth-order valence-corrected chi connectivity index (χ4v) is 2.75. The van der Waals surface area contributed by atoms with Gasteiger partial charge in [0.25, 0.3) is 5.91 Å². The van der Waals surface area contributed by atoms with Crippen molar-refractivity contribution >= 4 is 17.7 Å². The maximum absolute atomic E-state index is 11.8. The van der Waals surface area contributed by atoms with Gasteiger partial charge in [0.2, 0.25) is 0 Å². The van der Waals surface area contributed by atoms with E-state index in [1.165, 1.54) is 11.8 Å². The van der Waals surface area contributed by atoms with Gasteiger partial charge in [0.05, 0.1) is 17.6 Å². The number of rotatable bonds is 4. The molecule has 98 valence electrons. The molecule has 0 aliphatic carbocycles. The van der Waals surface area contributed by atoms with Crippen LogP contribution in [0.5, 0.6) is 5.75 Å². The lowest BCUT2D eigenvalue weighted by molar-refractivity contribution is 0.0960. The van der Waals surface area contributed by atoms with Crippen LogP contribution in [0.25, 0.3) is 0 Å². The Labute approximate surface area is 117 Å². The first-order valence-corrected chi connectivity index (χ1v) is 6.70. The van der Waals surface area contributed by atoms with Gasteiger partial charge in [0.15, 0.2) is 0 Å². The van der Waals surface area contributed by atoms with E-state index in [1.54, 1.807) is 14.2 Å². The van der Waals surface area contributed by atoms with Crippen LogP contribution in [0.3, 0.4) is 0 Å². The summed E-state index contributed by atoms with van der Waals surface area (Å²) >= 11 is 1.52. The molecule has 1 amide bonds. The first kappa shape index (κ1) is 13.5. The van der Waals surface area contributed by atoms with Crippen molar-refractivity contribution in [2.75, 3.05) is 14.2 Å². The first-order chi connectivity index (χ1) is 9.26. The second-order valence-electron chi connectivity index (χ2n) is 3.83. The van der Waals surface area contributed by atoms with Crippen molar-refractivity contribution in [1.82, 2.24) is 5.32 Å². The number of carbonyl (C=O) groups excluding carboxylic acids is 1. The minimum atomic E-state index is -0.0852. The van der Waals surface area contributed by atoms with Crippen LogP contribution in [0, 0.1) is 0 Å². The molecule has 0 fully saturated rings. The molecule has 2 aromatic carbocycles. The summed E-state index contributed by atoms with van der Waals surface area (Å²) in [5.41, 5.74) is 0.668. The fraction of sp³-hybridized carbons (Fsp3) is 0.133. The highest BCUT2D eigenvalue weighted by Crippen LogP contribution is 2.36. The monoisotopic (exact) mass is 273 g/mol. The number of hydrogen-bond acceptors (Lipinski definition) is 3. The highest BCUT2D eigenvalue weighted by molar-refractivity contribution is 7.99. The van der Waals surface area contributed by atoms with Gasteiger partial charge < -0.3 is 10.1 Å². The summed E-state index contributed by atoms with van der Waals surface area (Å²) in [7, 11) is 3.27. The van der Waals surface area contributed by atoms with E-state index < -0.39 is 0 Å². The van der Waals surface area contributed by atoms with Crippen molar-refractivity contribution in [2.24, 2.45) is 0 Å². The van der Waals surface area contributed by atoms with Crippen molar-refractivity contribution in [1.29, 1.82) is 0 Å². The second-order valence-corrected chi connectivity index (χ2v) is 4.91. The minimum Gasteiger partial charge on any atom is -0.496 e. The number of benzene rings is 2. The Hall–Kier alpha value is -1.94. The molecule has 0 radical (unpaired) electrons. The smallest absolute Gasteiger partial charge is 0.252 e. The molecule has 0 spiro atoms. The molecule has 0 saturated carbocycles. The molecule has 0 heterocycles. The molecule has 0 atom stereocenters. The Balaban J connectivity index is 2.36. The molecule has 2 rings (SSSR count). The maximum Gasteiger partial charge on any atom is 0.252 e. The zero-order valence-electron chi connectivity index (χ0n) is 10.8. The number of carbonyl (C=O) groups is 1. The third-order valence-electron chi connectivity index (χ3n) is 2.65. The molecule has 0 saturated heterocycles. The van der Waals surface area contributed by atoms with Gasteiger partial charge in [-0.1, -0.05) is 36.0 Å². The molecule has 1 N–H and O–H groups in total. The Morgan fingerprint density at radius 2 is 1.68 bits per heavy atom. The van der Waals surface area contributed by atoms with E-state index >= 15 is 0 Å². The van der Waals surface area contributed by atoms with Gasteiger partial charge in [-0.2, -0.15) is 0 Å². The lowest BCUT2D eigenvalue weighted by atomic mass is 10.2. The number of hydrogen-bond donors (Lipinski definition) is 1. The zero-order valence-corrected chi connectivity index (χ0v) is 11.7. The van der Waals surface area contributed by atoms with Crippen LogP contribution in [0.15, 0.2) is 58.3 Å². The quantitative estimate of drug-likeness (QED) is 0.929. The molecular formula is C15H15NO2S. The topological polar surface area (TPSA) is 38.3 Å². The third-order valence-corrected chi connectivity index (χ3v) is 3.78. The molecular weight excluding hydrogens is 258 g/mol. The van der Waals surface area contributed by atoms with Gasteiger partial charge in [0.1, 0.15) is 5.75 Å². The Morgan fingerprint density at radius 3 is 2.37 bits per heavy atom. The third kappa shape index (κ3) is 3.09. The van der Waals surface area contributed by atoms with E-state index in [0.29, 0.717) is 5.56 Å². The van der Waals surface area contributed by atoms with Crippen LogP contribution in [-0.2, 0) is 0 Å².